The van der Waals surface area contributed by atoms with Crippen LogP contribution in [-0.4, -0.2) is 38.8 Å². The Morgan fingerprint density at radius 2 is 2.09 bits per heavy atom. The Kier molecular flexibility index (Phi) is 9.16. The molecule has 22 heavy (non-hydrogen) atoms. The second-order valence-electron chi connectivity index (χ2n) is 5.89. The Morgan fingerprint density at radius 3 is 2.73 bits per heavy atom. The van der Waals surface area contributed by atoms with Crippen molar-refractivity contribution >= 4 is 17.3 Å². The molecule has 0 amide bonds. The largest absolute Gasteiger partial charge is 0.382 e. The van der Waals surface area contributed by atoms with Gasteiger partial charge in [-0.05, 0) is 38.1 Å². The van der Waals surface area contributed by atoms with Gasteiger partial charge < -0.3 is 15.4 Å². The quantitative estimate of drug-likeness (QED) is 0.394. The lowest BCUT2D eigenvalue weighted by Gasteiger charge is -2.21. The number of guanidine groups is 1. The molecular weight excluding hydrogens is 294 g/mol. The lowest BCUT2D eigenvalue weighted by atomic mass is 9.92. The summed E-state index contributed by atoms with van der Waals surface area (Å²) in [5.74, 6) is 0.906. The minimum Gasteiger partial charge on any atom is -0.382 e. The fraction of sp³-hybridized carbons (Fsp3) is 0.706. The molecule has 0 saturated carbocycles. The van der Waals surface area contributed by atoms with Gasteiger partial charge in [0.05, 0.1) is 6.54 Å². The predicted octanol–water partition coefficient (Wildman–Crippen LogP) is 3.40. The van der Waals surface area contributed by atoms with Gasteiger partial charge in [-0.15, -0.1) is 11.3 Å². The van der Waals surface area contributed by atoms with Crippen LogP contribution in [0, 0.1) is 0 Å². The van der Waals surface area contributed by atoms with Crippen LogP contribution in [0.2, 0.25) is 0 Å². The van der Waals surface area contributed by atoms with E-state index < -0.39 is 0 Å². The van der Waals surface area contributed by atoms with Crippen molar-refractivity contribution in [2.24, 2.45) is 4.99 Å². The van der Waals surface area contributed by atoms with Gasteiger partial charge in [0.15, 0.2) is 5.96 Å². The topological polar surface area (TPSA) is 45.7 Å². The molecule has 2 N–H and O–H groups in total. The van der Waals surface area contributed by atoms with Gasteiger partial charge in [-0.3, -0.25) is 4.99 Å². The molecule has 0 aliphatic carbocycles. The standard InChI is InChI=1S/C17H31N3OS/c1-5-18-16(19-11-7-8-12-21-6-2)20-14-17(3,4)15-10-9-13-22-15/h9-10,13H,5-8,11-12,14H2,1-4H3,(H2,18,19,20). The zero-order valence-electron chi connectivity index (χ0n) is 14.4. The molecule has 0 fully saturated rings. The van der Waals surface area contributed by atoms with E-state index in [0.717, 1.165) is 51.6 Å². The highest BCUT2D eigenvalue weighted by Gasteiger charge is 2.21. The van der Waals surface area contributed by atoms with Crippen LogP contribution < -0.4 is 10.6 Å². The van der Waals surface area contributed by atoms with E-state index in [1.807, 2.05) is 6.92 Å². The maximum Gasteiger partial charge on any atom is 0.191 e. The first-order valence-corrected chi connectivity index (χ1v) is 9.12. The smallest absolute Gasteiger partial charge is 0.191 e. The van der Waals surface area contributed by atoms with Crippen LogP contribution in [0.25, 0.3) is 0 Å². The summed E-state index contributed by atoms with van der Waals surface area (Å²) in [6, 6.07) is 4.29. The molecule has 0 unspecified atom stereocenters. The minimum absolute atomic E-state index is 0.0749. The minimum atomic E-state index is 0.0749. The average Bonchev–Trinajstić information content (AvgIpc) is 3.03. The summed E-state index contributed by atoms with van der Waals surface area (Å²) in [6.45, 7) is 12.8. The van der Waals surface area contributed by atoms with E-state index in [4.69, 9.17) is 9.73 Å². The van der Waals surface area contributed by atoms with Crippen LogP contribution in [0.4, 0.5) is 0 Å². The number of nitrogens with one attached hydrogen (secondary N) is 2. The maximum absolute atomic E-state index is 5.35. The van der Waals surface area contributed by atoms with Crippen molar-refractivity contribution in [2.75, 3.05) is 32.8 Å². The van der Waals surface area contributed by atoms with Crippen LogP contribution in [0.3, 0.4) is 0 Å². The summed E-state index contributed by atoms with van der Waals surface area (Å²) in [6.07, 6.45) is 2.18. The van der Waals surface area contributed by atoms with Crippen LogP contribution in [0.5, 0.6) is 0 Å². The van der Waals surface area contributed by atoms with E-state index >= 15 is 0 Å². The third-order valence-corrected chi connectivity index (χ3v) is 4.61. The second kappa shape index (κ2) is 10.6. The number of aliphatic imine (C=N–C) groups is 1. The highest BCUT2D eigenvalue weighted by atomic mass is 32.1. The van der Waals surface area contributed by atoms with E-state index in [2.05, 4.69) is 48.9 Å². The van der Waals surface area contributed by atoms with Gasteiger partial charge >= 0.3 is 0 Å². The SMILES string of the molecule is CCNC(=NCC(C)(C)c1cccs1)NCCCCOCC. The molecule has 126 valence electrons. The van der Waals surface area contributed by atoms with E-state index in [1.54, 1.807) is 11.3 Å². The Hall–Kier alpha value is -1.07. The Bertz CT molecular complexity index is 416. The van der Waals surface area contributed by atoms with Crippen molar-refractivity contribution in [1.82, 2.24) is 10.6 Å². The van der Waals surface area contributed by atoms with Gasteiger partial charge in [-0.1, -0.05) is 19.9 Å². The van der Waals surface area contributed by atoms with Gasteiger partial charge in [-0.25, -0.2) is 0 Å². The first kappa shape index (κ1) is 19.0. The van der Waals surface area contributed by atoms with Gasteiger partial charge in [-0.2, -0.15) is 0 Å². The zero-order valence-corrected chi connectivity index (χ0v) is 15.3. The molecule has 1 rings (SSSR count). The number of ether oxygens (including phenoxy) is 1. The summed E-state index contributed by atoms with van der Waals surface area (Å²) in [7, 11) is 0. The summed E-state index contributed by atoms with van der Waals surface area (Å²) in [4.78, 5) is 6.12. The molecule has 1 aromatic rings. The van der Waals surface area contributed by atoms with Crippen LogP contribution >= 0.6 is 11.3 Å². The van der Waals surface area contributed by atoms with Crippen molar-refractivity contribution in [3.05, 3.63) is 22.4 Å². The number of rotatable bonds is 10. The molecule has 0 atom stereocenters. The zero-order chi connectivity index (χ0) is 16.3. The van der Waals surface area contributed by atoms with Crippen LogP contribution in [0.1, 0.15) is 45.4 Å². The fourth-order valence-corrected chi connectivity index (χ4v) is 2.88. The lowest BCUT2D eigenvalue weighted by Crippen LogP contribution is -2.39. The van der Waals surface area contributed by atoms with Crippen molar-refractivity contribution in [3.63, 3.8) is 0 Å². The number of hydrogen-bond acceptors (Lipinski definition) is 3. The molecule has 0 aromatic carbocycles. The number of hydrogen-bond donors (Lipinski definition) is 2. The number of thiophene rings is 1. The summed E-state index contributed by atoms with van der Waals surface area (Å²) >= 11 is 1.80. The van der Waals surface area contributed by atoms with Crippen LogP contribution in [-0.2, 0) is 10.2 Å². The highest BCUT2D eigenvalue weighted by Crippen LogP contribution is 2.27. The third kappa shape index (κ3) is 7.27. The van der Waals surface area contributed by atoms with Gasteiger partial charge in [0, 0.05) is 36.6 Å². The second-order valence-corrected chi connectivity index (χ2v) is 6.83. The molecule has 0 aliphatic rings. The van der Waals surface area contributed by atoms with Crippen molar-refractivity contribution in [2.45, 2.75) is 46.0 Å². The molecule has 1 aromatic heterocycles. The molecule has 4 nitrogen and oxygen atoms in total. The fourth-order valence-electron chi connectivity index (χ4n) is 2.04. The van der Waals surface area contributed by atoms with E-state index in [9.17, 15) is 0 Å². The first-order valence-electron chi connectivity index (χ1n) is 8.24. The molecule has 1 heterocycles. The van der Waals surface area contributed by atoms with Crippen molar-refractivity contribution < 1.29 is 4.74 Å². The normalized spacial score (nSPS) is 12.5. The van der Waals surface area contributed by atoms with Gasteiger partial charge in [0.2, 0.25) is 0 Å². The molecule has 0 bridgehead atoms. The Morgan fingerprint density at radius 1 is 1.27 bits per heavy atom. The lowest BCUT2D eigenvalue weighted by molar-refractivity contribution is 0.143. The highest BCUT2D eigenvalue weighted by molar-refractivity contribution is 7.10. The monoisotopic (exact) mass is 325 g/mol. The molecule has 5 heteroatoms. The maximum atomic E-state index is 5.35. The van der Waals surface area contributed by atoms with Gasteiger partial charge in [0.25, 0.3) is 0 Å². The predicted molar refractivity (Wildman–Crippen MR) is 97.1 cm³/mol. The van der Waals surface area contributed by atoms with E-state index in [-0.39, 0.29) is 5.41 Å². The summed E-state index contributed by atoms with van der Waals surface area (Å²) in [5, 5.41) is 8.84. The first-order chi connectivity index (χ1) is 10.6. The van der Waals surface area contributed by atoms with E-state index in [0.29, 0.717) is 0 Å². The summed E-state index contributed by atoms with van der Waals surface area (Å²) in [5.41, 5.74) is 0.0749. The number of unbranched alkanes of at least 4 members (excludes halogenated alkanes) is 1. The van der Waals surface area contributed by atoms with Crippen LogP contribution in [0.15, 0.2) is 22.5 Å². The van der Waals surface area contributed by atoms with Crippen molar-refractivity contribution in [1.29, 1.82) is 0 Å². The molecule has 0 saturated heterocycles. The van der Waals surface area contributed by atoms with Gasteiger partial charge in [0.1, 0.15) is 0 Å². The Balaban J connectivity index is 2.41. The molecule has 0 radical (unpaired) electrons. The van der Waals surface area contributed by atoms with Crippen molar-refractivity contribution in [3.8, 4) is 0 Å². The third-order valence-electron chi connectivity index (χ3n) is 3.38. The molecular formula is C17H31N3OS. The average molecular weight is 326 g/mol. The molecule has 0 aliphatic heterocycles. The van der Waals surface area contributed by atoms with E-state index in [1.165, 1.54) is 4.88 Å². The molecule has 0 spiro atoms. The summed E-state index contributed by atoms with van der Waals surface area (Å²) < 4.78 is 5.35. The Labute approximate surface area is 139 Å². The number of nitrogens with zero attached hydrogens (tertiary/aromatic N) is 1.